The van der Waals surface area contributed by atoms with E-state index in [1.165, 1.54) is 0 Å². The summed E-state index contributed by atoms with van der Waals surface area (Å²) in [5.74, 6) is 0.321. The predicted octanol–water partition coefficient (Wildman–Crippen LogP) is 3.75. The lowest BCUT2D eigenvalue weighted by Gasteiger charge is -2.28. The third-order valence-corrected chi connectivity index (χ3v) is 4.86. The maximum absolute atomic E-state index is 12.9. The van der Waals surface area contributed by atoms with Crippen molar-refractivity contribution in [2.45, 2.75) is 46.1 Å². The molecule has 0 saturated heterocycles. The molecule has 0 saturated carbocycles. The number of amides is 2. The minimum absolute atomic E-state index is 0.0928. The number of hydrogen-bond acceptors (Lipinski definition) is 3. The Kier molecular flexibility index (Phi) is 9.22. The SMILES string of the molecule is CCCCNC(=O)[C@H](C)N(CCc1ccccc1)C(=O)COc1ccc(C)cc1. The van der Waals surface area contributed by atoms with E-state index in [9.17, 15) is 9.59 Å². The van der Waals surface area contributed by atoms with Crippen LogP contribution in [0.3, 0.4) is 0 Å². The standard InChI is InChI=1S/C24H32N2O3/c1-4-5-16-25-24(28)20(3)26(17-15-21-9-7-6-8-10-21)23(27)18-29-22-13-11-19(2)12-14-22/h6-14,20H,4-5,15-18H2,1-3H3,(H,25,28)/t20-/m0/s1. The number of nitrogens with zero attached hydrogens (tertiary/aromatic N) is 1. The summed E-state index contributed by atoms with van der Waals surface area (Å²) in [6.45, 7) is 6.84. The molecule has 0 radical (unpaired) electrons. The van der Waals surface area contributed by atoms with Crippen molar-refractivity contribution in [3.05, 3.63) is 65.7 Å². The van der Waals surface area contributed by atoms with Gasteiger partial charge in [0.2, 0.25) is 5.91 Å². The smallest absolute Gasteiger partial charge is 0.261 e. The van der Waals surface area contributed by atoms with Crippen LogP contribution in [0.5, 0.6) is 5.75 Å². The number of ether oxygens (including phenoxy) is 1. The third kappa shape index (κ3) is 7.60. The first-order valence-corrected chi connectivity index (χ1v) is 10.3. The molecule has 0 aliphatic rings. The van der Waals surface area contributed by atoms with Crippen LogP contribution >= 0.6 is 0 Å². The van der Waals surface area contributed by atoms with Gasteiger partial charge in [-0.2, -0.15) is 0 Å². The highest BCUT2D eigenvalue weighted by Crippen LogP contribution is 2.12. The van der Waals surface area contributed by atoms with E-state index in [2.05, 4.69) is 12.2 Å². The Hall–Kier alpha value is -2.82. The molecule has 0 heterocycles. The number of aryl methyl sites for hydroxylation is 1. The Morgan fingerprint density at radius 1 is 1.07 bits per heavy atom. The molecule has 0 fully saturated rings. The van der Waals surface area contributed by atoms with Crippen LogP contribution in [0.15, 0.2) is 54.6 Å². The van der Waals surface area contributed by atoms with E-state index in [4.69, 9.17) is 4.74 Å². The fourth-order valence-electron chi connectivity index (χ4n) is 2.97. The third-order valence-electron chi connectivity index (χ3n) is 4.86. The average Bonchev–Trinajstić information content (AvgIpc) is 2.74. The van der Waals surface area contributed by atoms with E-state index in [0.717, 1.165) is 24.0 Å². The topological polar surface area (TPSA) is 58.6 Å². The van der Waals surface area contributed by atoms with Crippen LogP contribution in [-0.2, 0) is 16.0 Å². The maximum atomic E-state index is 12.9. The lowest BCUT2D eigenvalue weighted by atomic mass is 10.1. The van der Waals surface area contributed by atoms with Gasteiger partial charge in [-0.15, -0.1) is 0 Å². The summed E-state index contributed by atoms with van der Waals surface area (Å²) in [6.07, 6.45) is 2.62. The molecule has 1 atom stereocenters. The van der Waals surface area contributed by atoms with E-state index < -0.39 is 6.04 Å². The molecular formula is C24H32N2O3. The zero-order chi connectivity index (χ0) is 21.1. The van der Waals surface area contributed by atoms with Crippen LogP contribution in [0.1, 0.15) is 37.8 Å². The van der Waals surface area contributed by atoms with Gasteiger partial charge in [-0.25, -0.2) is 0 Å². The summed E-state index contributed by atoms with van der Waals surface area (Å²) in [7, 11) is 0. The van der Waals surface area contributed by atoms with E-state index in [1.807, 2.05) is 61.5 Å². The zero-order valence-electron chi connectivity index (χ0n) is 17.7. The molecule has 0 unspecified atom stereocenters. The second-order valence-electron chi connectivity index (χ2n) is 7.25. The lowest BCUT2D eigenvalue weighted by molar-refractivity contribution is -0.141. The van der Waals surface area contributed by atoms with E-state index in [0.29, 0.717) is 25.3 Å². The summed E-state index contributed by atoms with van der Waals surface area (Å²) in [5, 5.41) is 2.92. The van der Waals surface area contributed by atoms with Gasteiger partial charge in [-0.1, -0.05) is 61.4 Å². The van der Waals surface area contributed by atoms with Crippen molar-refractivity contribution >= 4 is 11.8 Å². The first-order valence-electron chi connectivity index (χ1n) is 10.3. The molecule has 5 heteroatoms. The lowest BCUT2D eigenvalue weighted by Crippen LogP contribution is -2.50. The van der Waals surface area contributed by atoms with Crippen LogP contribution < -0.4 is 10.1 Å². The van der Waals surface area contributed by atoms with Gasteiger partial charge >= 0.3 is 0 Å². The molecular weight excluding hydrogens is 364 g/mol. The quantitative estimate of drug-likeness (QED) is 0.589. The fourth-order valence-corrected chi connectivity index (χ4v) is 2.97. The van der Waals surface area contributed by atoms with Gasteiger partial charge < -0.3 is 15.0 Å². The number of unbranched alkanes of at least 4 members (excludes halogenated alkanes) is 1. The van der Waals surface area contributed by atoms with Crippen LogP contribution in [0.25, 0.3) is 0 Å². The molecule has 0 spiro atoms. The van der Waals surface area contributed by atoms with Crippen LogP contribution in [0.4, 0.5) is 0 Å². The number of nitrogens with one attached hydrogen (secondary N) is 1. The highest BCUT2D eigenvalue weighted by molar-refractivity contribution is 5.87. The van der Waals surface area contributed by atoms with Crippen molar-refractivity contribution in [1.82, 2.24) is 10.2 Å². The molecule has 0 aliphatic heterocycles. The molecule has 0 aliphatic carbocycles. The van der Waals surface area contributed by atoms with Crippen molar-refractivity contribution in [1.29, 1.82) is 0 Å². The van der Waals surface area contributed by atoms with Gasteiger partial charge in [0, 0.05) is 13.1 Å². The minimum Gasteiger partial charge on any atom is -0.484 e. The van der Waals surface area contributed by atoms with Gasteiger partial charge in [-0.05, 0) is 44.4 Å². The van der Waals surface area contributed by atoms with Gasteiger partial charge in [-0.3, -0.25) is 9.59 Å². The molecule has 0 bridgehead atoms. The van der Waals surface area contributed by atoms with Crippen LogP contribution in [-0.4, -0.2) is 42.5 Å². The molecule has 1 N–H and O–H groups in total. The molecule has 0 aromatic heterocycles. The summed E-state index contributed by atoms with van der Waals surface area (Å²) in [6, 6.07) is 17.0. The van der Waals surface area contributed by atoms with Crippen molar-refractivity contribution in [3.63, 3.8) is 0 Å². The van der Waals surface area contributed by atoms with Crippen molar-refractivity contribution in [2.75, 3.05) is 19.7 Å². The van der Waals surface area contributed by atoms with E-state index in [-0.39, 0.29) is 18.4 Å². The van der Waals surface area contributed by atoms with Crippen molar-refractivity contribution in [3.8, 4) is 5.75 Å². The Bertz CT molecular complexity index is 759. The van der Waals surface area contributed by atoms with Gasteiger partial charge in [0.05, 0.1) is 0 Å². The van der Waals surface area contributed by atoms with Crippen LogP contribution in [0.2, 0.25) is 0 Å². The molecule has 29 heavy (non-hydrogen) atoms. The predicted molar refractivity (Wildman–Crippen MR) is 116 cm³/mol. The molecule has 2 amide bonds. The molecule has 2 rings (SSSR count). The second-order valence-corrected chi connectivity index (χ2v) is 7.25. The van der Waals surface area contributed by atoms with Crippen molar-refractivity contribution < 1.29 is 14.3 Å². The summed E-state index contributed by atoms with van der Waals surface area (Å²) >= 11 is 0. The highest BCUT2D eigenvalue weighted by atomic mass is 16.5. The first kappa shape index (κ1) is 22.5. The van der Waals surface area contributed by atoms with Crippen LogP contribution in [0, 0.1) is 6.92 Å². The number of rotatable bonds is 11. The monoisotopic (exact) mass is 396 g/mol. The van der Waals surface area contributed by atoms with E-state index in [1.54, 1.807) is 11.8 Å². The van der Waals surface area contributed by atoms with Crippen molar-refractivity contribution in [2.24, 2.45) is 0 Å². The summed E-state index contributed by atoms with van der Waals surface area (Å²) in [4.78, 5) is 27.1. The molecule has 156 valence electrons. The second kappa shape index (κ2) is 11.9. The first-order chi connectivity index (χ1) is 14.0. The number of carbonyl (C=O) groups is 2. The van der Waals surface area contributed by atoms with Gasteiger partial charge in [0.1, 0.15) is 11.8 Å². The average molecular weight is 397 g/mol. The number of benzene rings is 2. The number of hydrogen-bond donors (Lipinski definition) is 1. The largest absolute Gasteiger partial charge is 0.484 e. The van der Waals surface area contributed by atoms with Gasteiger partial charge in [0.25, 0.3) is 5.91 Å². The molecule has 5 nitrogen and oxygen atoms in total. The maximum Gasteiger partial charge on any atom is 0.261 e. The molecule has 2 aromatic carbocycles. The fraction of sp³-hybridized carbons (Fsp3) is 0.417. The Balaban J connectivity index is 2.01. The molecule has 2 aromatic rings. The summed E-state index contributed by atoms with van der Waals surface area (Å²) in [5.41, 5.74) is 2.26. The van der Waals surface area contributed by atoms with E-state index >= 15 is 0 Å². The number of carbonyl (C=O) groups excluding carboxylic acids is 2. The normalized spacial score (nSPS) is 11.6. The Labute approximate surface area is 174 Å². The zero-order valence-corrected chi connectivity index (χ0v) is 17.7. The van der Waals surface area contributed by atoms with Gasteiger partial charge in [0.15, 0.2) is 6.61 Å². The highest BCUT2D eigenvalue weighted by Gasteiger charge is 2.25. The summed E-state index contributed by atoms with van der Waals surface area (Å²) < 4.78 is 5.66. The minimum atomic E-state index is -0.551. The Morgan fingerprint density at radius 2 is 1.76 bits per heavy atom. The Morgan fingerprint density at radius 3 is 2.41 bits per heavy atom.